The molecule has 2 aromatic heterocycles. The van der Waals surface area contributed by atoms with Crippen LogP contribution in [0.4, 0.5) is 0 Å². The average molecular weight is 337 g/mol. The van der Waals surface area contributed by atoms with Crippen molar-refractivity contribution in [1.82, 2.24) is 19.8 Å². The Morgan fingerprint density at radius 1 is 1.08 bits per heavy atom. The number of piperazine rings is 1. The minimum Gasteiger partial charge on any atom is -0.301 e. The van der Waals surface area contributed by atoms with E-state index >= 15 is 0 Å². The molecule has 0 bridgehead atoms. The van der Waals surface area contributed by atoms with Gasteiger partial charge in [-0.05, 0) is 23.7 Å². The molecule has 1 saturated heterocycles. The highest BCUT2D eigenvalue weighted by Gasteiger charge is 2.15. The van der Waals surface area contributed by atoms with Gasteiger partial charge in [-0.1, -0.05) is 31.2 Å². The van der Waals surface area contributed by atoms with Crippen molar-refractivity contribution in [1.29, 1.82) is 0 Å². The normalized spacial score (nSPS) is 16.7. The van der Waals surface area contributed by atoms with Gasteiger partial charge in [0.05, 0.1) is 10.2 Å². The quantitative estimate of drug-likeness (QED) is 0.731. The van der Waals surface area contributed by atoms with Gasteiger partial charge in [0.25, 0.3) is 0 Å². The fourth-order valence-corrected chi connectivity index (χ4v) is 4.13. The molecule has 0 amide bonds. The van der Waals surface area contributed by atoms with Gasteiger partial charge >= 0.3 is 0 Å². The van der Waals surface area contributed by atoms with E-state index in [0.29, 0.717) is 0 Å². The van der Waals surface area contributed by atoms with Crippen LogP contribution in [-0.4, -0.2) is 52.5 Å². The van der Waals surface area contributed by atoms with Gasteiger partial charge in [-0.25, -0.2) is 9.97 Å². The smallest absolute Gasteiger partial charge is 0.116 e. The molecule has 1 fully saturated rings. The van der Waals surface area contributed by atoms with Crippen LogP contribution in [0.3, 0.4) is 0 Å². The molecule has 5 heteroatoms. The van der Waals surface area contributed by atoms with Gasteiger partial charge < -0.3 is 4.90 Å². The van der Waals surface area contributed by atoms with E-state index < -0.39 is 0 Å². The fraction of sp³-hybridized carbons (Fsp3) is 0.368. The molecule has 4 rings (SSSR count). The summed E-state index contributed by atoms with van der Waals surface area (Å²) in [5.41, 5.74) is 3.60. The summed E-state index contributed by atoms with van der Waals surface area (Å²) < 4.78 is 1.02. The van der Waals surface area contributed by atoms with Gasteiger partial charge in [-0.2, -0.15) is 0 Å². The van der Waals surface area contributed by atoms with E-state index in [1.54, 1.807) is 17.7 Å². The number of aromatic nitrogens is 2. The minimum absolute atomic E-state index is 0.975. The van der Waals surface area contributed by atoms with E-state index in [2.05, 4.69) is 63.2 Å². The average Bonchev–Trinajstić information content (AvgIpc) is 3.07. The first-order valence-electron chi connectivity index (χ1n) is 8.48. The molecule has 1 aromatic carbocycles. The topological polar surface area (TPSA) is 32.3 Å². The molecule has 0 saturated carbocycles. The Morgan fingerprint density at radius 2 is 1.83 bits per heavy atom. The number of hydrogen-bond acceptors (Lipinski definition) is 5. The maximum absolute atomic E-state index is 4.29. The van der Waals surface area contributed by atoms with Crippen molar-refractivity contribution < 1.29 is 0 Å². The summed E-state index contributed by atoms with van der Waals surface area (Å²) in [5.74, 6) is 0. The van der Waals surface area contributed by atoms with Crippen LogP contribution in [0.5, 0.6) is 0 Å². The van der Waals surface area contributed by atoms with Crippen LogP contribution < -0.4 is 0 Å². The maximum Gasteiger partial charge on any atom is 0.116 e. The summed E-state index contributed by atoms with van der Waals surface area (Å²) in [7, 11) is 0. The molecule has 1 radical (unpaired) electrons. The molecule has 3 aromatic rings. The molecular formula is C19H21N4S. The summed E-state index contributed by atoms with van der Waals surface area (Å²) in [6.07, 6.45) is 4.57. The van der Waals surface area contributed by atoms with Crippen molar-refractivity contribution in [2.24, 2.45) is 0 Å². The molecule has 4 nitrogen and oxygen atoms in total. The number of fused-ring (bicyclic) bond motifs is 1. The van der Waals surface area contributed by atoms with Gasteiger partial charge in [-0.15, -0.1) is 11.3 Å². The Labute approximate surface area is 146 Å². The second-order valence-corrected chi connectivity index (χ2v) is 7.27. The van der Waals surface area contributed by atoms with Crippen LogP contribution in [0.15, 0.2) is 36.7 Å². The number of nitrogens with zero attached hydrogens (tertiary/aromatic N) is 4. The zero-order valence-electron chi connectivity index (χ0n) is 13.9. The molecule has 0 atom stereocenters. The lowest BCUT2D eigenvalue weighted by atomic mass is 10.1. The maximum atomic E-state index is 4.29. The standard InChI is InChI=1S/C19H21N4S/c1-2-22-7-9-23(10-8-22)13-15-3-5-16(6-4-15)18-11-17-19(24-18)12-20-14-21-17/h3-6,11,14H,2,7-10,13H2,1H3. The Morgan fingerprint density at radius 3 is 2.54 bits per heavy atom. The Balaban J connectivity index is 1.45. The van der Waals surface area contributed by atoms with Crippen LogP contribution in [0.25, 0.3) is 20.7 Å². The van der Waals surface area contributed by atoms with Crippen molar-refractivity contribution >= 4 is 21.6 Å². The van der Waals surface area contributed by atoms with E-state index in [1.165, 1.54) is 48.7 Å². The van der Waals surface area contributed by atoms with Gasteiger partial charge in [0.1, 0.15) is 12.5 Å². The number of rotatable bonds is 4. The molecule has 0 unspecified atom stereocenters. The third-order valence-electron chi connectivity index (χ3n) is 4.69. The summed E-state index contributed by atoms with van der Waals surface area (Å²) >= 11 is 1.70. The van der Waals surface area contributed by atoms with Crippen LogP contribution in [0.2, 0.25) is 0 Å². The first-order valence-corrected chi connectivity index (χ1v) is 9.30. The lowest BCUT2D eigenvalue weighted by Crippen LogP contribution is -2.45. The van der Waals surface area contributed by atoms with Crippen LogP contribution in [0, 0.1) is 6.20 Å². The Hall–Kier alpha value is -1.82. The molecule has 3 heterocycles. The third-order valence-corrected chi connectivity index (χ3v) is 5.77. The largest absolute Gasteiger partial charge is 0.301 e. The van der Waals surface area contributed by atoms with Gasteiger partial charge in [0.2, 0.25) is 0 Å². The zero-order valence-corrected chi connectivity index (χ0v) is 14.7. The minimum atomic E-state index is 0.975. The molecule has 1 aliphatic heterocycles. The van der Waals surface area contributed by atoms with E-state index in [1.807, 2.05) is 0 Å². The number of benzene rings is 1. The first kappa shape index (κ1) is 15.7. The first-order chi connectivity index (χ1) is 11.8. The SMILES string of the molecule is CCN1CCN(Cc2ccc(-c3cc4ncn[c]c4s3)cc2)CC1. The monoisotopic (exact) mass is 337 g/mol. The summed E-state index contributed by atoms with van der Waals surface area (Å²) in [5, 5.41) is 0. The molecule has 123 valence electrons. The number of likely N-dealkylation sites (N-methyl/N-ethyl adjacent to an activating group) is 1. The molecule has 0 spiro atoms. The molecule has 0 aliphatic carbocycles. The lowest BCUT2D eigenvalue weighted by Gasteiger charge is -2.34. The van der Waals surface area contributed by atoms with Crippen LogP contribution in [-0.2, 0) is 6.54 Å². The van der Waals surface area contributed by atoms with Crippen molar-refractivity contribution in [3.63, 3.8) is 0 Å². The van der Waals surface area contributed by atoms with E-state index in [-0.39, 0.29) is 0 Å². The van der Waals surface area contributed by atoms with Crippen molar-refractivity contribution in [3.05, 3.63) is 48.4 Å². The van der Waals surface area contributed by atoms with E-state index in [4.69, 9.17) is 0 Å². The fourth-order valence-electron chi connectivity index (χ4n) is 3.17. The van der Waals surface area contributed by atoms with Crippen molar-refractivity contribution in [2.75, 3.05) is 32.7 Å². The van der Waals surface area contributed by atoms with Crippen LogP contribution >= 0.6 is 11.3 Å². The predicted octanol–water partition coefficient (Wildman–Crippen LogP) is 3.30. The zero-order chi connectivity index (χ0) is 16.4. The third kappa shape index (κ3) is 3.34. The highest BCUT2D eigenvalue weighted by Crippen LogP contribution is 2.31. The predicted molar refractivity (Wildman–Crippen MR) is 99.1 cm³/mol. The molecule has 0 N–H and O–H groups in total. The lowest BCUT2D eigenvalue weighted by molar-refractivity contribution is 0.132. The van der Waals surface area contributed by atoms with Crippen molar-refractivity contribution in [3.8, 4) is 10.4 Å². The van der Waals surface area contributed by atoms with Crippen molar-refractivity contribution in [2.45, 2.75) is 13.5 Å². The highest BCUT2D eigenvalue weighted by atomic mass is 32.1. The van der Waals surface area contributed by atoms with Gasteiger partial charge in [0.15, 0.2) is 0 Å². The number of hydrogen-bond donors (Lipinski definition) is 0. The van der Waals surface area contributed by atoms with Crippen LogP contribution in [0.1, 0.15) is 12.5 Å². The van der Waals surface area contributed by atoms with Gasteiger partial charge in [0, 0.05) is 37.6 Å². The van der Waals surface area contributed by atoms with E-state index in [0.717, 1.165) is 16.8 Å². The second-order valence-electron chi connectivity index (χ2n) is 6.22. The van der Waals surface area contributed by atoms with Gasteiger partial charge in [-0.3, -0.25) is 4.90 Å². The second kappa shape index (κ2) is 6.97. The number of thiophene rings is 1. The van der Waals surface area contributed by atoms with E-state index in [9.17, 15) is 0 Å². The molecule has 1 aliphatic rings. The molecular weight excluding hydrogens is 316 g/mol. The Bertz CT molecular complexity index is 771. The summed E-state index contributed by atoms with van der Waals surface area (Å²) in [6.45, 7) is 9.16. The summed E-state index contributed by atoms with van der Waals surface area (Å²) in [4.78, 5) is 14.6. The highest BCUT2D eigenvalue weighted by molar-refractivity contribution is 7.22. The Kier molecular flexibility index (Phi) is 4.56. The molecule has 24 heavy (non-hydrogen) atoms. The summed E-state index contributed by atoms with van der Waals surface area (Å²) in [6, 6.07) is 11.1.